The first-order valence-corrected chi connectivity index (χ1v) is 11.3. The summed E-state index contributed by atoms with van der Waals surface area (Å²) in [6, 6.07) is 10.9. The maximum Gasteiger partial charge on any atom is 0.407 e. The third-order valence-electron chi connectivity index (χ3n) is 5.43. The topological polar surface area (TPSA) is 87.5 Å². The van der Waals surface area contributed by atoms with Gasteiger partial charge in [0.15, 0.2) is 0 Å². The molecule has 2 amide bonds. The van der Waals surface area contributed by atoms with E-state index < -0.39 is 17.7 Å². The first kappa shape index (κ1) is 23.5. The van der Waals surface area contributed by atoms with E-state index >= 15 is 0 Å². The molecule has 8 heteroatoms. The molecule has 0 saturated carbocycles. The van der Waals surface area contributed by atoms with E-state index in [1.165, 1.54) is 16.2 Å². The fraction of sp³-hybridized carbons (Fsp3) is 0.375. The molecule has 2 heterocycles. The predicted molar refractivity (Wildman–Crippen MR) is 127 cm³/mol. The molecule has 0 radical (unpaired) electrons. The number of carboxylic acid groups (broad SMARTS) is 1. The molecule has 0 aliphatic rings. The van der Waals surface area contributed by atoms with Gasteiger partial charge in [0.2, 0.25) is 0 Å². The number of hydrogen-bond acceptors (Lipinski definition) is 4. The van der Waals surface area contributed by atoms with Crippen LogP contribution in [0.15, 0.2) is 42.6 Å². The van der Waals surface area contributed by atoms with Crippen molar-refractivity contribution >= 4 is 23.3 Å². The Morgan fingerprint density at radius 2 is 1.88 bits per heavy atom. The van der Waals surface area contributed by atoms with Crippen molar-refractivity contribution < 1.29 is 14.7 Å². The second-order valence-corrected chi connectivity index (χ2v) is 10.1. The average molecular weight is 455 g/mol. The highest BCUT2D eigenvalue weighted by Gasteiger charge is 2.30. The summed E-state index contributed by atoms with van der Waals surface area (Å²) in [4.78, 5) is 28.1. The van der Waals surface area contributed by atoms with E-state index in [-0.39, 0.29) is 12.5 Å². The van der Waals surface area contributed by atoms with Gasteiger partial charge in [-0.2, -0.15) is 5.10 Å². The number of nitrogens with zero attached hydrogens (tertiary/aromatic N) is 3. The third-order valence-corrected chi connectivity index (χ3v) is 6.48. The molecule has 170 valence electrons. The molecule has 3 aromatic rings. The second kappa shape index (κ2) is 9.16. The van der Waals surface area contributed by atoms with Crippen molar-refractivity contribution in [2.75, 3.05) is 6.54 Å². The number of benzene rings is 1. The number of carbonyl (C=O) groups is 2. The Balaban J connectivity index is 1.91. The molecule has 1 aromatic carbocycles. The number of carbonyl (C=O) groups excluding carboxylic acids is 1. The summed E-state index contributed by atoms with van der Waals surface area (Å²) in [7, 11) is 1.89. The molecule has 32 heavy (non-hydrogen) atoms. The van der Waals surface area contributed by atoms with Crippen molar-refractivity contribution in [2.24, 2.45) is 7.05 Å². The van der Waals surface area contributed by atoms with E-state index in [1.54, 1.807) is 0 Å². The van der Waals surface area contributed by atoms with Gasteiger partial charge in [0.1, 0.15) is 0 Å². The van der Waals surface area contributed by atoms with E-state index in [4.69, 9.17) is 0 Å². The molecule has 2 aromatic heterocycles. The van der Waals surface area contributed by atoms with Crippen LogP contribution in [0.5, 0.6) is 0 Å². The van der Waals surface area contributed by atoms with Gasteiger partial charge >= 0.3 is 6.09 Å². The Kier molecular flexibility index (Phi) is 6.74. The number of rotatable bonds is 6. The first-order valence-electron chi connectivity index (χ1n) is 10.4. The zero-order chi connectivity index (χ0) is 23.6. The highest BCUT2D eigenvalue weighted by atomic mass is 32.1. The fourth-order valence-electron chi connectivity index (χ4n) is 3.73. The third kappa shape index (κ3) is 5.02. The summed E-state index contributed by atoms with van der Waals surface area (Å²) >= 11 is 1.42. The summed E-state index contributed by atoms with van der Waals surface area (Å²) in [6.45, 7) is 9.66. The van der Waals surface area contributed by atoms with Crippen molar-refractivity contribution in [3.63, 3.8) is 0 Å². The molecule has 0 aliphatic carbocycles. The molecule has 0 bridgehead atoms. The van der Waals surface area contributed by atoms with E-state index in [2.05, 4.69) is 10.4 Å². The first-order chi connectivity index (χ1) is 15.0. The minimum atomic E-state index is -1.02. The van der Waals surface area contributed by atoms with Gasteiger partial charge in [0, 0.05) is 29.6 Å². The quantitative estimate of drug-likeness (QED) is 0.548. The number of aryl methyl sites for hydroxylation is 3. The average Bonchev–Trinajstić information content (AvgIpc) is 3.25. The molecule has 0 spiro atoms. The Hall–Kier alpha value is -3.13. The Labute approximate surface area is 192 Å². The van der Waals surface area contributed by atoms with Crippen LogP contribution in [-0.4, -0.2) is 43.9 Å². The molecule has 1 atom stereocenters. The molecule has 0 aliphatic heterocycles. The molecular weight excluding hydrogens is 424 g/mol. The Bertz CT molecular complexity index is 1090. The van der Waals surface area contributed by atoms with Crippen LogP contribution in [0.2, 0.25) is 0 Å². The van der Waals surface area contributed by atoms with Crippen molar-refractivity contribution in [1.82, 2.24) is 20.0 Å². The summed E-state index contributed by atoms with van der Waals surface area (Å²) in [6.07, 6.45) is 0.790. The van der Waals surface area contributed by atoms with Gasteiger partial charge in [0.05, 0.1) is 22.8 Å². The maximum atomic E-state index is 13.2. The lowest BCUT2D eigenvalue weighted by molar-refractivity contribution is 0.0824. The van der Waals surface area contributed by atoms with Gasteiger partial charge in [-0.3, -0.25) is 9.48 Å². The lowest BCUT2D eigenvalue weighted by Crippen LogP contribution is -2.49. The van der Waals surface area contributed by atoms with E-state index in [0.29, 0.717) is 4.88 Å². The summed E-state index contributed by atoms with van der Waals surface area (Å²) < 4.78 is 1.81. The van der Waals surface area contributed by atoms with E-state index in [9.17, 15) is 14.7 Å². The van der Waals surface area contributed by atoms with Crippen LogP contribution in [0, 0.1) is 13.8 Å². The lowest BCUT2D eigenvalue weighted by Gasteiger charge is -2.36. The number of hydrogen-bond donors (Lipinski definition) is 2. The molecule has 0 saturated heterocycles. The van der Waals surface area contributed by atoms with Gasteiger partial charge in [0.25, 0.3) is 5.91 Å². The van der Waals surface area contributed by atoms with Crippen molar-refractivity contribution in [1.29, 1.82) is 0 Å². The maximum absolute atomic E-state index is 13.2. The number of thiophene rings is 1. The van der Waals surface area contributed by atoms with Gasteiger partial charge in [-0.15, -0.1) is 11.3 Å². The van der Waals surface area contributed by atoms with Crippen LogP contribution in [0.25, 0.3) is 11.3 Å². The summed E-state index contributed by atoms with van der Waals surface area (Å²) in [5.41, 5.74) is 3.27. The standard InChI is InChI=1S/C24H30N4O3S/c1-15-13-25-27(6)21(15)18-12-20(32-16(18)2)22(29)26-19(17-10-8-7-9-11-17)14-28(23(30)31)24(3,4)5/h7-13,19H,14H2,1-6H3,(H,26,29)(H,30,31)/t19-/m1/s1. The molecule has 2 N–H and O–H groups in total. The molecule has 0 unspecified atom stereocenters. The minimum Gasteiger partial charge on any atom is -0.465 e. The number of amides is 2. The van der Waals surface area contributed by atoms with Crippen LogP contribution in [0.3, 0.4) is 0 Å². The number of aromatic nitrogens is 2. The predicted octanol–water partition coefficient (Wildman–Crippen LogP) is 5.02. The molecular formula is C24H30N4O3S. The van der Waals surface area contributed by atoms with Crippen LogP contribution in [0.4, 0.5) is 4.79 Å². The van der Waals surface area contributed by atoms with Crippen LogP contribution in [-0.2, 0) is 7.05 Å². The van der Waals surface area contributed by atoms with Crippen molar-refractivity contribution in [3.05, 3.63) is 63.5 Å². The monoisotopic (exact) mass is 454 g/mol. The largest absolute Gasteiger partial charge is 0.465 e. The highest BCUT2D eigenvalue weighted by molar-refractivity contribution is 7.14. The van der Waals surface area contributed by atoms with Crippen molar-refractivity contribution in [3.8, 4) is 11.3 Å². The van der Waals surface area contributed by atoms with Crippen LogP contribution in [0.1, 0.15) is 52.5 Å². The summed E-state index contributed by atoms with van der Waals surface area (Å²) in [5, 5.41) is 17.1. The van der Waals surface area contributed by atoms with Crippen LogP contribution < -0.4 is 5.32 Å². The zero-order valence-electron chi connectivity index (χ0n) is 19.3. The molecule has 7 nitrogen and oxygen atoms in total. The van der Waals surface area contributed by atoms with E-state index in [0.717, 1.165) is 27.3 Å². The Morgan fingerprint density at radius 3 is 2.41 bits per heavy atom. The van der Waals surface area contributed by atoms with Gasteiger partial charge in [-0.1, -0.05) is 30.3 Å². The SMILES string of the molecule is Cc1cnn(C)c1-c1cc(C(=O)N[C@H](CN(C(=O)O)C(C)(C)C)c2ccccc2)sc1C. The Morgan fingerprint density at radius 1 is 1.22 bits per heavy atom. The molecule has 3 rings (SSSR count). The number of nitrogens with one attached hydrogen (secondary N) is 1. The van der Waals surface area contributed by atoms with Crippen LogP contribution >= 0.6 is 11.3 Å². The zero-order valence-corrected chi connectivity index (χ0v) is 20.2. The van der Waals surface area contributed by atoms with Gasteiger partial charge in [-0.25, -0.2) is 4.79 Å². The summed E-state index contributed by atoms with van der Waals surface area (Å²) in [5.74, 6) is -0.225. The second-order valence-electron chi connectivity index (χ2n) is 8.88. The van der Waals surface area contributed by atoms with Gasteiger partial charge < -0.3 is 15.3 Å². The highest BCUT2D eigenvalue weighted by Crippen LogP contribution is 2.33. The smallest absolute Gasteiger partial charge is 0.407 e. The lowest BCUT2D eigenvalue weighted by atomic mass is 10.0. The van der Waals surface area contributed by atoms with Gasteiger partial charge in [-0.05, 0) is 51.8 Å². The van der Waals surface area contributed by atoms with Crippen molar-refractivity contribution in [2.45, 2.75) is 46.2 Å². The minimum absolute atomic E-state index is 0.145. The van der Waals surface area contributed by atoms with E-state index in [1.807, 2.05) is 88.9 Å². The molecule has 0 fully saturated rings. The normalized spacial score (nSPS) is 12.4. The fourth-order valence-corrected chi connectivity index (χ4v) is 4.66.